The van der Waals surface area contributed by atoms with E-state index in [0.717, 1.165) is 32.0 Å². The Kier molecular flexibility index (Phi) is 12.4. The number of hydrogen-bond acceptors (Lipinski definition) is 3. The van der Waals surface area contributed by atoms with E-state index in [9.17, 15) is 0 Å². The van der Waals surface area contributed by atoms with E-state index in [1.54, 1.807) is 0 Å². The van der Waals surface area contributed by atoms with Gasteiger partial charge in [0.05, 0.1) is 6.54 Å². The Balaban J connectivity index is 0.00000400. The van der Waals surface area contributed by atoms with Gasteiger partial charge >= 0.3 is 0 Å². The Morgan fingerprint density at radius 3 is 2.62 bits per heavy atom. The quantitative estimate of drug-likeness (QED) is 0.396. The molecule has 1 rings (SSSR count). The van der Waals surface area contributed by atoms with Crippen molar-refractivity contribution in [3.8, 4) is 0 Å². The monoisotopic (exact) mass is 411 g/mol. The van der Waals surface area contributed by atoms with Gasteiger partial charge in [-0.25, -0.2) is 0 Å². The molecule has 0 aliphatic carbocycles. The summed E-state index contributed by atoms with van der Waals surface area (Å²) in [5.41, 5.74) is 0. The first-order valence-electron chi connectivity index (χ1n) is 8.11. The van der Waals surface area contributed by atoms with Crippen LogP contribution in [-0.4, -0.2) is 74.7 Å². The van der Waals surface area contributed by atoms with Gasteiger partial charge < -0.3 is 20.4 Å². The van der Waals surface area contributed by atoms with Crippen molar-refractivity contribution in [3.05, 3.63) is 0 Å². The molecular formula is C15H34IN5. The molecule has 0 bridgehead atoms. The summed E-state index contributed by atoms with van der Waals surface area (Å²) in [5, 5.41) is 6.75. The van der Waals surface area contributed by atoms with Crippen molar-refractivity contribution in [1.29, 1.82) is 0 Å². The molecule has 0 aromatic rings. The Bertz CT molecular complexity index is 285. The summed E-state index contributed by atoms with van der Waals surface area (Å²) in [5.74, 6) is 0.953. The molecule has 1 saturated heterocycles. The molecule has 0 amide bonds. The average molecular weight is 411 g/mol. The third-order valence-corrected chi connectivity index (χ3v) is 3.84. The maximum absolute atomic E-state index is 4.68. The lowest BCUT2D eigenvalue weighted by molar-refractivity contribution is 0.283. The summed E-state index contributed by atoms with van der Waals surface area (Å²) in [6.45, 7) is 14.1. The molecule has 0 aromatic heterocycles. The molecule has 2 N–H and O–H groups in total. The van der Waals surface area contributed by atoms with Gasteiger partial charge in [-0.1, -0.05) is 6.92 Å². The summed E-state index contributed by atoms with van der Waals surface area (Å²) in [7, 11) is 2.21. The Morgan fingerprint density at radius 1 is 1.19 bits per heavy atom. The fourth-order valence-corrected chi connectivity index (χ4v) is 2.28. The second-order valence-corrected chi connectivity index (χ2v) is 5.71. The second-order valence-electron chi connectivity index (χ2n) is 5.71. The van der Waals surface area contributed by atoms with E-state index < -0.39 is 0 Å². The lowest BCUT2D eigenvalue weighted by atomic mass is 10.3. The summed E-state index contributed by atoms with van der Waals surface area (Å²) >= 11 is 0. The van der Waals surface area contributed by atoms with Gasteiger partial charge in [-0.15, -0.1) is 24.0 Å². The molecule has 1 heterocycles. The van der Waals surface area contributed by atoms with Crippen LogP contribution in [0.15, 0.2) is 4.99 Å². The highest BCUT2D eigenvalue weighted by Crippen LogP contribution is 2.00. The third kappa shape index (κ3) is 9.52. The highest BCUT2D eigenvalue weighted by Gasteiger charge is 2.11. The number of nitrogens with one attached hydrogen (secondary N) is 2. The Morgan fingerprint density at radius 2 is 1.95 bits per heavy atom. The molecule has 0 aromatic carbocycles. The molecule has 0 saturated carbocycles. The summed E-state index contributed by atoms with van der Waals surface area (Å²) in [6.07, 6.45) is 2.38. The minimum Gasteiger partial charge on any atom is -0.357 e. The van der Waals surface area contributed by atoms with E-state index >= 15 is 0 Å². The molecular weight excluding hydrogens is 377 g/mol. The Labute approximate surface area is 148 Å². The molecule has 6 heteroatoms. The predicted molar refractivity (Wildman–Crippen MR) is 103 cm³/mol. The first-order valence-corrected chi connectivity index (χ1v) is 8.11. The van der Waals surface area contributed by atoms with Gasteiger partial charge in [0.15, 0.2) is 5.96 Å². The number of hydrogen-bond donors (Lipinski definition) is 2. The molecule has 0 spiro atoms. The predicted octanol–water partition coefficient (Wildman–Crippen LogP) is 1.60. The van der Waals surface area contributed by atoms with E-state index in [2.05, 4.69) is 53.2 Å². The molecule has 0 radical (unpaired) electrons. The van der Waals surface area contributed by atoms with Crippen LogP contribution in [0, 0.1) is 0 Å². The van der Waals surface area contributed by atoms with Crippen molar-refractivity contribution in [3.63, 3.8) is 0 Å². The van der Waals surface area contributed by atoms with Crippen molar-refractivity contribution >= 4 is 29.9 Å². The zero-order chi connectivity index (χ0) is 14.8. The zero-order valence-electron chi connectivity index (χ0n) is 14.2. The number of halogens is 1. The van der Waals surface area contributed by atoms with Crippen LogP contribution in [0.1, 0.15) is 33.6 Å². The van der Waals surface area contributed by atoms with Crippen molar-refractivity contribution in [2.24, 2.45) is 4.99 Å². The molecule has 5 nitrogen and oxygen atoms in total. The lowest BCUT2D eigenvalue weighted by Gasteiger charge is -2.20. The number of rotatable bonds is 6. The van der Waals surface area contributed by atoms with Crippen molar-refractivity contribution in [1.82, 2.24) is 20.4 Å². The van der Waals surface area contributed by atoms with Gasteiger partial charge in [-0.2, -0.15) is 0 Å². The maximum Gasteiger partial charge on any atom is 0.191 e. The van der Waals surface area contributed by atoms with E-state index in [1.807, 2.05) is 0 Å². The summed E-state index contributed by atoms with van der Waals surface area (Å²) in [4.78, 5) is 9.63. The van der Waals surface area contributed by atoms with Crippen molar-refractivity contribution in [2.45, 2.75) is 39.7 Å². The van der Waals surface area contributed by atoms with Gasteiger partial charge in [-0.3, -0.25) is 4.99 Å². The first kappa shape index (κ1) is 20.9. The van der Waals surface area contributed by atoms with Crippen LogP contribution in [0.25, 0.3) is 0 Å². The van der Waals surface area contributed by atoms with E-state index in [-0.39, 0.29) is 24.0 Å². The van der Waals surface area contributed by atoms with Gasteiger partial charge in [0.2, 0.25) is 0 Å². The number of aliphatic imine (C=N–C) groups is 1. The van der Waals surface area contributed by atoms with Crippen LogP contribution < -0.4 is 10.6 Å². The number of guanidine groups is 1. The maximum atomic E-state index is 4.68. The fraction of sp³-hybridized carbons (Fsp3) is 0.933. The van der Waals surface area contributed by atoms with Gasteiger partial charge in [0.1, 0.15) is 0 Å². The largest absolute Gasteiger partial charge is 0.357 e. The van der Waals surface area contributed by atoms with Crippen LogP contribution in [0.5, 0.6) is 0 Å². The van der Waals surface area contributed by atoms with Crippen molar-refractivity contribution < 1.29 is 0 Å². The Hall–Kier alpha value is -0.0800. The van der Waals surface area contributed by atoms with E-state index in [4.69, 9.17) is 0 Å². The number of nitrogens with zero attached hydrogens (tertiary/aromatic N) is 3. The number of likely N-dealkylation sites (N-methyl/N-ethyl adjacent to an activating group) is 1. The molecule has 1 fully saturated rings. The molecule has 1 aliphatic heterocycles. The highest BCUT2D eigenvalue weighted by atomic mass is 127. The highest BCUT2D eigenvalue weighted by molar-refractivity contribution is 14.0. The zero-order valence-corrected chi connectivity index (χ0v) is 16.5. The van der Waals surface area contributed by atoms with Crippen LogP contribution in [0.3, 0.4) is 0 Å². The first-order chi connectivity index (χ1) is 9.65. The lowest BCUT2D eigenvalue weighted by Crippen LogP contribution is -2.42. The summed E-state index contributed by atoms with van der Waals surface area (Å²) < 4.78 is 0. The molecule has 21 heavy (non-hydrogen) atoms. The van der Waals surface area contributed by atoms with Crippen LogP contribution in [-0.2, 0) is 0 Å². The van der Waals surface area contributed by atoms with Crippen LogP contribution in [0.4, 0.5) is 0 Å². The molecule has 1 unspecified atom stereocenters. The van der Waals surface area contributed by atoms with Crippen molar-refractivity contribution in [2.75, 3.05) is 52.9 Å². The fourth-order valence-electron chi connectivity index (χ4n) is 2.28. The smallest absolute Gasteiger partial charge is 0.191 e. The van der Waals surface area contributed by atoms with E-state index in [1.165, 1.54) is 32.6 Å². The van der Waals surface area contributed by atoms with Gasteiger partial charge in [0.25, 0.3) is 0 Å². The van der Waals surface area contributed by atoms with Crippen LogP contribution in [0.2, 0.25) is 0 Å². The summed E-state index contributed by atoms with van der Waals surface area (Å²) in [6, 6.07) is 0.472. The van der Waals surface area contributed by atoms with Gasteiger partial charge in [0, 0.05) is 32.2 Å². The second kappa shape index (κ2) is 12.5. The van der Waals surface area contributed by atoms with E-state index in [0.29, 0.717) is 6.04 Å². The SMILES string of the molecule is CCNC(=NCCN1CCCN(C)CC1)NC(C)CC.I. The molecule has 1 aliphatic rings. The third-order valence-electron chi connectivity index (χ3n) is 3.84. The minimum absolute atomic E-state index is 0. The molecule has 126 valence electrons. The topological polar surface area (TPSA) is 42.9 Å². The minimum atomic E-state index is 0. The van der Waals surface area contributed by atoms with Gasteiger partial charge in [-0.05, 0) is 46.8 Å². The normalized spacial score (nSPS) is 19.5. The average Bonchev–Trinajstić information content (AvgIpc) is 2.64. The van der Waals surface area contributed by atoms with Crippen LogP contribution >= 0.6 is 24.0 Å². The standard InChI is InChI=1S/C15H33N5.HI/c1-5-14(3)18-15(16-6-2)17-8-11-20-10-7-9-19(4)12-13-20;/h14H,5-13H2,1-4H3,(H2,16,17,18);1H. The molecule has 1 atom stereocenters.